The van der Waals surface area contributed by atoms with Crippen molar-refractivity contribution >= 4 is 27.3 Å². The van der Waals surface area contributed by atoms with Crippen LogP contribution in [-0.2, 0) is 6.54 Å². The van der Waals surface area contributed by atoms with Crippen LogP contribution in [0.4, 0.5) is 0 Å². The van der Waals surface area contributed by atoms with Crippen LogP contribution < -0.4 is 5.32 Å². The number of thiophene rings is 1. The number of rotatable bonds is 4. The third-order valence-corrected chi connectivity index (χ3v) is 4.62. The van der Waals surface area contributed by atoms with Gasteiger partial charge in [0.1, 0.15) is 0 Å². The van der Waals surface area contributed by atoms with Crippen LogP contribution in [0.15, 0.2) is 40.2 Å². The minimum Gasteiger partial charge on any atom is -0.305 e. The number of hydrogen-bond donors (Lipinski definition) is 1. The SMILES string of the molecule is Cc1ccc(CNC(C)c2cc(Br)cs2)cc1. The second-order valence-electron chi connectivity index (χ2n) is 4.26. The summed E-state index contributed by atoms with van der Waals surface area (Å²) in [4.78, 5) is 1.36. The second kappa shape index (κ2) is 5.80. The quantitative estimate of drug-likeness (QED) is 0.865. The zero-order valence-electron chi connectivity index (χ0n) is 10.0. The van der Waals surface area contributed by atoms with E-state index in [9.17, 15) is 0 Å². The van der Waals surface area contributed by atoms with Crippen LogP contribution in [0.2, 0.25) is 0 Å². The minimum absolute atomic E-state index is 0.396. The fourth-order valence-electron chi connectivity index (χ4n) is 1.63. The fraction of sp³-hybridized carbons (Fsp3) is 0.286. The minimum atomic E-state index is 0.396. The maximum atomic E-state index is 3.54. The fourth-order valence-corrected chi connectivity index (χ4v) is 3.11. The average Bonchev–Trinajstić information content (AvgIpc) is 2.75. The van der Waals surface area contributed by atoms with Crippen LogP contribution in [0, 0.1) is 6.92 Å². The Kier molecular flexibility index (Phi) is 4.37. The zero-order chi connectivity index (χ0) is 12.3. The first kappa shape index (κ1) is 12.8. The monoisotopic (exact) mass is 309 g/mol. The van der Waals surface area contributed by atoms with E-state index in [4.69, 9.17) is 0 Å². The normalized spacial score (nSPS) is 12.6. The molecule has 17 heavy (non-hydrogen) atoms. The second-order valence-corrected chi connectivity index (χ2v) is 6.11. The summed E-state index contributed by atoms with van der Waals surface area (Å²) in [5.41, 5.74) is 2.64. The molecule has 0 amide bonds. The summed E-state index contributed by atoms with van der Waals surface area (Å²) in [6.07, 6.45) is 0. The first-order chi connectivity index (χ1) is 8.15. The van der Waals surface area contributed by atoms with E-state index in [-0.39, 0.29) is 0 Å². The predicted molar refractivity (Wildman–Crippen MR) is 78.5 cm³/mol. The number of benzene rings is 1. The van der Waals surface area contributed by atoms with Gasteiger partial charge in [-0.2, -0.15) is 0 Å². The van der Waals surface area contributed by atoms with Crippen molar-refractivity contribution in [3.05, 3.63) is 56.2 Å². The number of nitrogens with one attached hydrogen (secondary N) is 1. The van der Waals surface area contributed by atoms with E-state index < -0.39 is 0 Å². The van der Waals surface area contributed by atoms with E-state index in [1.54, 1.807) is 11.3 Å². The average molecular weight is 310 g/mol. The van der Waals surface area contributed by atoms with Crippen molar-refractivity contribution in [2.45, 2.75) is 26.4 Å². The Bertz CT molecular complexity index is 475. The lowest BCUT2D eigenvalue weighted by molar-refractivity contribution is 0.583. The molecule has 0 saturated heterocycles. The van der Waals surface area contributed by atoms with E-state index in [0.29, 0.717) is 6.04 Å². The molecule has 0 spiro atoms. The Labute approximate surface area is 115 Å². The Hall–Kier alpha value is -0.640. The molecule has 1 aromatic heterocycles. The van der Waals surface area contributed by atoms with Gasteiger partial charge < -0.3 is 5.32 Å². The summed E-state index contributed by atoms with van der Waals surface area (Å²) < 4.78 is 1.17. The molecule has 1 heterocycles. The summed E-state index contributed by atoms with van der Waals surface area (Å²) in [6.45, 7) is 5.23. The van der Waals surface area contributed by atoms with Crippen molar-refractivity contribution in [1.82, 2.24) is 5.32 Å². The third-order valence-electron chi connectivity index (χ3n) is 2.75. The molecular formula is C14H16BrNS. The van der Waals surface area contributed by atoms with Crippen molar-refractivity contribution in [3.8, 4) is 0 Å². The lowest BCUT2D eigenvalue weighted by Crippen LogP contribution is -2.17. The molecule has 1 N–H and O–H groups in total. The van der Waals surface area contributed by atoms with Gasteiger partial charge in [0.05, 0.1) is 0 Å². The first-order valence-electron chi connectivity index (χ1n) is 5.68. The molecule has 0 fully saturated rings. The molecule has 1 atom stereocenters. The van der Waals surface area contributed by atoms with Gasteiger partial charge in [-0.15, -0.1) is 11.3 Å². The Morgan fingerprint density at radius 2 is 2.00 bits per heavy atom. The molecular weight excluding hydrogens is 294 g/mol. The maximum absolute atomic E-state index is 3.54. The van der Waals surface area contributed by atoms with Gasteiger partial charge in [-0.3, -0.25) is 0 Å². The zero-order valence-corrected chi connectivity index (χ0v) is 12.4. The highest BCUT2D eigenvalue weighted by molar-refractivity contribution is 9.10. The molecule has 1 aromatic carbocycles. The molecule has 90 valence electrons. The number of aryl methyl sites for hydroxylation is 1. The van der Waals surface area contributed by atoms with E-state index in [0.717, 1.165) is 6.54 Å². The van der Waals surface area contributed by atoms with E-state index in [1.165, 1.54) is 20.5 Å². The Morgan fingerprint density at radius 3 is 2.59 bits per heavy atom. The lowest BCUT2D eigenvalue weighted by Gasteiger charge is -2.12. The molecule has 1 unspecified atom stereocenters. The summed E-state index contributed by atoms with van der Waals surface area (Å²) >= 11 is 5.27. The standard InChI is InChI=1S/C14H16BrNS/c1-10-3-5-12(6-4-10)8-16-11(2)14-7-13(15)9-17-14/h3-7,9,11,16H,8H2,1-2H3. The van der Waals surface area contributed by atoms with Gasteiger partial charge in [0.15, 0.2) is 0 Å². The molecule has 0 saturated carbocycles. The van der Waals surface area contributed by atoms with Crippen molar-refractivity contribution in [2.24, 2.45) is 0 Å². The maximum Gasteiger partial charge on any atom is 0.0389 e. The van der Waals surface area contributed by atoms with Crippen LogP contribution in [-0.4, -0.2) is 0 Å². The van der Waals surface area contributed by atoms with Crippen molar-refractivity contribution in [1.29, 1.82) is 0 Å². The molecule has 0 radical (unpaired) electrons. The van der Waals surface area contributed by atoms with Crippen molar-refractivity contribution < 1.29 is 0 Å². The molecule has 0 bridgehead atoms. The van der Waals surface area contributed by atoms with Gasteiger partial charge in [-0.1, -0.05) is 29.8 Å². The first-order valence-corrected chi connectivity index (χ1v) is 7.35. The summed E-state index contributed by atoms with van der Waals surface area (Å²) in [7, 11) is 0. The smallest absolute Gasteiger partial charge is 0.0389 e. The molecule has 3 heteroatoms. The van der Waals surface area contributed by atoms with Crippen LogP contribution in [0.3, 0.4) is 0 Å². The van der Waals surface area contributed by atoms with Gasteiger partial charge in [0.25, 0.3) is 0 Å². The molecule has 0 aliphatic carbocycles. The van der Waals surface area contributed by atoms with E-state index in [1.807, 2.05) is 0 Å². The molecule has 2 rings (SSSR count). The van der Waals surface area contributed by atoms with Gasteiger partial charge in [-0.25, -0.2) is 0 Å². The Morgan fingerprint density at radius 1 is 1.29 bits per heavy atom. The highest BCUT2D eigenvalue weighted by Crippen LogP contribution is 2.25. The van der Waals surface area contributed by atoms with Crippen LogP contribution in [0.25, 0.3) is 0 Å². The predicted octanol–water partition coefficient (Wildman–Crippen LogP) is 4.67. The highest BCUT2D eigenvalue weighted by Gasteiger charge is 2.07. The van der Waals surface area contributed by atoms with Crippen molar-refractivity contribution in [3.63, 3.8) is 0 Å². The summed E-state index contributed by atoms with van der Waals surface area (Å²) in [5.74, 6) is 0. The van der Waals surface area contributed by atoms with Gasteiger partial charge >= 0.3 is 0 Å². The summed E-state index contributed by atoms with van der Waals surface area (Å²) in [6, 6.07) is 11.2. The van der Waals surface area contributed by atoms with E-state index in [2.05, 4.69) is 70.8 Å². The molecule has 0 aliphatic heterocycles. The van der Waals surface area contributed by atoms with Gasteiger partial charge in [0.2, 0.25) is 0 Å². The summed E-state index contributed by atoms with van der Waals surface area (Å²) in [5, 5.41) is 5.66. The third kappa shape index (κ3) is 3.66. The molecule has 0 aliphatic rings. The topological polar surface area (TPSA) is 12.0 Å². The Balaban J connectivity index is 1.92. The number of halogens is 1. The highest BCUT2D eigenvalue weighted by atomic mass is 79.9. The van der Waals surface area contributed by atoms with Crippen LogP contribution in [0.1, 0.15) is 29.0 Å². The van der Waals surface area contributed by atoms with Gasteiger partial charge in [-0.05, 0) is 41.4 Å². The number of hydrogen-bond acceptors (Lipinski definition) is 2. The molecule has 2 aromatic rings. The van der Waals surface area contributed by atoms with Crippen LogP contribution in [0.5, 0.6) is 0 Å². The van der Waals surface area contributed by atoms with Gasteiger partial charge in [0, 0.05) is 27.3 Å². The lowest BCUT2D eigenvalue weighted by atomic mass is 10.1. The molecule has 1 nitrogen and oxygen atoms in total. The van der Waals surface area contributed by atoms with E-state index >= 15 is 0 Å². The largest absolute Gasteiger partial charge is 0.305 e. The van der Waals surface area contributed by atoms with Crippen molar-refractivity contribution in [2.75, 3.05) is 0 Å². The van der Waals surface area contributed by atoms with Crippen LogP contribution >= 0.6 is 27.3 Å².